The highest BCUT2D eigenvalue weighted by molar-refractivity contribution is 6.22. The fourth-order valence-electron chi connectivity index (χ4n) is 3.59. The zero-order valence-electron chi connectivity index (χ0n) is 13.8. The summed E-state index contributed by atoms with van der Waals surface area (Å²) in [5.74, 6) is -2.12. The molecule has 7 nitrogen and oxygen atoms in total. The van der Waals surface area contributed by atoms with E-state index in [0.29, 0.717) is 0 Å². The third-order valence-corrected chi connectivity index (χ3v) is 5.26. The average molecular weight is 347 g/mol. The van der Waals surface area contributed by atoms with Crippen LogP contribution >= 0.6 is 11.6 Å². The Labute approximate surface area is 141 Å². The number of nitrogens with one attached hydrogen (secondary N) is 1. The van der Waals surface area contributed by atoms with Gasteiger partial charge in [-0.25, -0.2) is 4.99 Å². The van der Waals surface area contributed by atoms with Gasteiger partial charge in [-0.05, 0) is 12.3 Å². The van der Waals surface area contributed by atoms with Crippen LogP contribution in [0.5, 0.6) is 0 Å². The van der Waals surface area contributed by atoms with E-state index in [0.717, 1.165) is 12.8 Å². The Balaban J connectivity index is 3.23. The number of carbonyl (C=O) groups excluding carboxylic acids is 1. The molecule has 0 aromatic carbocycles. The van der Waals surface area contributed by atoms with Gasteiger partial charge in [-0.2, -0.15) is 0 Å². The molecule has 8 heteroatoms. The van der Waals surface area contributed by atoms with Crippen LogP contribution in [0.1, 0.15) is 40.0 Å². The summed E-state index contributed by atoms with van der Waals surface area (Å²) < 4.78 is 0. The number of amides is 1. The summed E-state index contributed by atoms with van der Waals surface area (Å²) >= 11 is 6.47. The van der Waals surface area contributed by atoms with Crippen molar-refractivity contribution in [3.8, 4) is 0 Å². The fraction of sp³-hybridized carbons (Fsp3) is 0.800. The molecule has 1 aliphatic rings. The Kier molecular flexibility index (Phi) is 7.12. The second-order valence-corrected chi connectivity index (χ2v) is 6.63. The number of nitrogens with zero attached hydrogens (tertiary/aromatic N) is 1. The lowest BCUT2D eigenvalue weighted by Gasteiger charge is -2.35. The molecular formula is C15H27ClN4O3. The molecule has 0 heterocycles. The lowest BCUT2D eigenvalue weighted by molar-refractivity contribution is -0.141. The number of aliphatic imine (C=N–C) groups is 1. The Bertz CT molecular complexity index is 464. The molecule has 0 bridgehead atoms. The minimum absolute atomic E-state index is 0.0963. The number of carboxylic acid groups (broad SMARTS) is 1. The number of carbonyl (C=O) groups is 2. The molecule has 0 aliphatic heterocycles. The summed E-state index contributed by atoms with van der Waals surface area (Å²) in [5.41, 5.74) is 11.0. The van der Waals surface area contributed by atoms with Gasteiger partial charge in [0.05, 0.1) is 17.3 Å². The van der Waals surface area contributed by atoms with Crippen molar-refractivity contribution in [2.75, 3.05) is 0 Å². The highest BCUT2D eigenvalue weighted by atomic mass is 35.5. The first kappa shape index (κ1) is 19.5. The van der Waals surface area contributed by atoms with Gasteiger partial charge < -0.3 is 21.9 Å². The van der Waals surface area contributed by atoms with Crippen molar-refractivity contribution in [1.29, 1.82) is 0 Å². The van der Waals surface area contributed by atoms with Crippen LogP contribution in [0.25, 0.3) is 0 Å². The molecule has 1 fully saturated rings. The topological polar surface area (TPSA) is 131 Å². The number of hydrogen-bond acceptors (Lipinski definition) is 3. The zero-order chi connectivity index (χ0) is 17.7. The van der Waals surface area contributed by atoms with Gasteiger partial charge in [0.1, 0.15) is 0 Å². The van der Waals surface area contributed by atoms with Crippen molar-refractivity contribution in [1.82, 2.24) is 5.32 Å². The van der Waals surface area contributed by atoms with Crippen molar-refractivity contribution in [3.05, 3.63) is 0 Å². The quantitative estimate of drug-likeness (QED) is 0.309. The summed E-state index contributed by atoms with van der Waals surface area (Å²) in [6.07, 6.45) is 1.95. The van der Waals surface area contributed by atoms with Gasteiger partial charge in [0.25, 0.3) is 0 Å². The van der Waals surface area contributed by atoms with Crippen LogP contribution in [-0.2, 0) is 9.59 Å². The van der Waals surface area contributed by atoms with Crippen molar-refractivity contribution < 1.29 is 14.7 Å². The number of halogens is 1. The van der Waals surface area contributed by atoms with Crippen LogP contribution in [0.2, 0.25) is 0 Å². The Hall–Kier alpha value is -1.50. The average Bonchev–Trinajstić information content (AvgIpc) is 2.74. The standard InChI is InChI=1S/C15H27ClN4O3/c1-4-8(5-2)13(19-7(3)21)11-10(20-15(17)18)6-9(12(11)16)14(22)23/h8-13H,4-6H2,1-3H3,(H,19,21)(H,22,23)(H4,17,18,20)/t9-,10+,11-,12-,13-/m0/s1. The third-order valence-electron chi connectivity index (χ3n) is 4.67. The Morgan fingerprint density at radius 1 is 1.35 bits per heavy atom. The molecule has 0 unspecified atom stereocenters. The van der Waals surface area contributed by atoms with E-state index in [2.05, 4.69) is 10.3 Å². The summed E-state index contributed by atoms with van der Waals surface area (Å²) in [6.45, 7) is 5.51. The number of guanidine groups is 1. The molecule has 23 heavy (non-hydrogen) atoms. The predicted molar refractivity (Wildman–Crippen MR) is 90.1 cm³/mol. The molecule has 132 valence electrons. The first-order valence-electron chi connectivity index (χ1n) is 7.95. The predicted octanol–water partition coefficient (Wildman–Crippen LogP) is 0.897. The van der Waals surface area contributed by atoms with E-state index in [-0.39, 0.29) is 36.2 Å². The SMILES string of the molecule is CCC(CC)[C@H](NC(C)=O)[C@@H]1[C@@H](Cl)[C@@H](C(=O)O)C[C@H]1N=C(N)N. The normalized spacial score (nSPS) is 28.4. The second kappa shape index (κ2) is 8.38. The first-order chi connectivity index (χ1) is 10.7. The molecule has 1 saturated carbocycles. The van der Waals surface area contributed by atoms with Crippen LogP contribution in [-0.4, -0.2) is 40.4 Å². The summed E-state index contributed by atoms with van der Waals surface area (Å²) in [4.78, 5) is 27.3. The largest absolute Gasteiger partial charge is 0.481 e. The van der Waals surface area contributed by atoms with Crippen molar-refractivity contribution in [3.63, 3.8) is 0 Å². The van der Waals surface area contributed by atoms with E-state index in [1.165, 1.54) is 6.92 Å². The van der Waals surface area contributed by atoms with Crippen LogP contribution in [0, 0.1) is 17.8 Å². The highest BCUT2D eigenvalue weighted by Gasteiger charge is 2.50. The molecule has 0 spiro atoms. The number of alkyl halides is 1. The van der Waals surface area contributed by atoms with Crippen molar-refractivity contribution >= 4 is 29.4 Å². The second-order valence-electron chi connectivity index (χ2n) is 6.13. The highest BCUT2D eigenvalue weighted by Crippen LogP contribution is 2.42. The van der Waals surface area contributed by atoms with Gasteiger partial charge >= 0.3 is 5.97 Å². The fourth-order valence-corrected chi connectivity index (χ4v) is 4.13. The smallest absolute Gasteiger partial charge is 0.308 e. The molecule has 1 rings (SSSR count). The van der Waals surface area contributed by atoms with Crippen LogP contribution in [0.15, 0.2) is 4.99 Å². The number of carboxylic acids is 1. The van der Waals surface area contributed by atoms with Crippen LogP contribution in [0.4, 0.5) is 0 Å². The van der Waals surface area contributed by atoms with Gasteiger partial charge in [-0.1, -0.05) is 26.7 Å². The van der Waals surface area contributed by atoms with E-state index in [4.69, 9.17) is 23.1 Å². The molecule has 1 aliphatic carbocycles. The van der Waals surface area contributed by atoms with E-state index < -0.39 is 23.3 Å². The summed E-state index contributed by atoms with van der Waals surface area (Å²) in [6, 6.07) is -0.677. The van der Waals surface area contributed by atoms with Gasteiger partial charge in [0, 0.05) is 18.9 Å². The van der Waals surface area contributed by atoms with Crippen molar-refractivity contribution in [2.24, 2.45) is 34.2 Å². The maximum atomic E-state index is 11.6. The van der Waals surface area contributed by atoms with Gasteiger partial charge in [-0.15, -0.1) is 11.6 Å². The molecular weight excluding hydrogens is 320 g/mol. The number of nitrogens with two attached hydrogens (primary N) is 2. The van der Waals surface area contributed by atoms with Crippen LogP contribution in [0.3, 0.4) is 0 Å². The Morgan fingerprint density at radius 2 is 1.91 bits per heavy atom. The third kappa shape index (κ3) is 4.73. The van der Waals surface area contributed by atoms with E-state index in [1.807, 2.05) is 13.8 Å². The lowest BCUT2D eigenvalue weighted by Crippen LogP contribution is -2.49. The molecule has 1 amide bonds. The molecule has 0 aromatic rings. The van der Waals surface area contributed by atoms with Gasteiger partial charge in [0.15, 0.2) is 5.96 Å². The summed E-state index contributed by atoms with van der Waals surface area (Å²) in [7, 11) is 0. The van der Waals surface area contributed by atoms with E-state index in [1.54, 1.807) is 0 Å². The lowest BCUT2D eigenvalue weighted by atomic mass is 9.81. The monoisotopic (exact) mass is 346 g/mol. The maximum absolute atomic E-state index is 11.6. The first-order valence-corrected chi connectivity index (χ1v) is 8.39. The minimum Gasteiger partial charge on any atom is -0.481 e. The van der Waals surface area contributed by atoms with Gasteiger partial charge in [-0.3, -0.25) is 9.59 Å². The number of rotatable bonds is 7. The minimum atomic E-state index is -0.964. The molecule has 0 saturated heterocycles. The Morgan fingerprint density at radius 3 is 2.30 bits per heavy atom. The molecule has 0 aromatic heterocycles. The van der Waals surface area contributed by atoms with Gasteiger partial charge in [0.2, 0.25) is 5.91 Å². The van der Waals surface area contributed by atoms with Crippen LogP contribution < -0.4 is 16.8 Å². The number of hydrogen-bond donors (Lipinski definition) is 4. The zero-order valence-corrected chi connectivity index (χ0v) is 14.6. The number of aliphatic carboxylic acids is 1. The molecule has 6 N–H and O–H groups in total. The van der Waals surface area contributed by atoms with Crippen molar-refractivity contribution in [2.45, 2.75) is 57.5 Å². The van der Waals surface area contributed by atoms with E-state index >= 15 is 0 Å². The molecule has 0 radical (unpaired) electrons. The summed E-state index contributed by atoms with van der Waals surface area (Å²) in [5, 5.41) is 11.7. The van der Waals surface area contributed by atoms with E-state index in [9.17, 15) is 14.7 Å². The molecule has 5 atom stereocenters. The maximum Gasteiger partial charge on any atom is 0.308 e.